The van der Waals surface area contributed by atoms with E-state index >= 15 is 0 Å². The zero-order valence-electron chi connectivity index (χ0n) is 11.8. The maximum Gasteiger partial charge on any atom is 0.278 e. The molecule has 114 valence electrons. The number of nitrogens with zero attached hydrogens (tertiary/aromatic N) is 3. The monoisotopic (exact) mass is 301 g/mol. The number of amides is 1. The Labute approximate surface area is 126 Å². The van der Waals surface area contributed by atoms with E-state index in [1.807, 2.05) is 0 Å². The Hall–Kier alpha value is -2.54. The summed E-state index contributed by atoms with van der Waals surface area (Å²) >= 11 is 0. The van der Waals surface area contributed by atoms with Gasteiger partial charge < -0.3 is 10.0 Å². The van der Waals surface area contributed by atoms with Crippen LogP contribution < -0.4 is 0 Å². The Morgan fingerprint density at radius 3 is 2.73 bits per heavy atom. The lowest BCUT2D eigenvalue weighted by Crippen LogP contribution is -2.40. The minimum Gasteiger partial charge on any atom is -0.393 e. The van der Waals surface area contributed by atoms with Crippen LogP contribution in [0.2, 0.25) is 0 Å². The molecule has 2 aromatic rings. The predicted molar refractivity (Wildman–Crippen MR) is 79.5 cm³/mol. The van der Waals surface area contributed by atoms with Crippen LogP contribution in [0.15, 0.2) is 30.5 Å². The van der Waals surface area contributed by atoms with Crippen molar-refractivity contribution in [1.29, 1.82) is 0 Å². The molecule has 1 aliphatic rings. The Bertz CT molecular complexity index is 739. The number of carbonyl (C=O) groups excluding carboxylic acids is 1. The van der Waals surface area contributed by atoms with Crippen LogP contribution in [0.1, 0.15) is 23.2 Å². The summed E-state index contributed by atoms with van der Waals surface area (Å²) in [5, 5.41) is 21.0. The fourth-order valence-electron chi connectivity index (χ4n) is 2.73. The van der Waals surface area contributed by atoms with Crippen molar-refractivity contribution in [2.45, 2.75) is 18.9 Å². The van der Waals surface area contributed by atoms with Gasteiger partial charge in [-0.2, -0.15) is 0 Å². The summed E-state index contributed by atoms with van der Waals surface area (Å²) in [5.74, 6) is -0.203. The van der Waals surface area contributed by atoms with E-state index < -0.39 is 4.92 Å². The van der Waals surface area contributed by atoms with E-state index in [1.54, 1.807) is 17.0 Å². The smallest absolute Gasteiger partial charge is 0.278 e. The van der Waals surface area contributed by atoms with Gasteiger partial charge in [-0.15, -0.1) is 0 Å². The van der Waals surface area contributed by atoms with Gasteiger partial charge in [-0.25, -0.2) is 0 Å². The Kier molecular flexibility index (Phi) is 3.72. The summed E-state index contributed by atoms with van der Waals surface area (Å²) in [4.78, 5) is 29.1. The molecule has 0 spiro atoms. The average Bonchev–Trinajstić information content (AvgIpc) is 2.53. The van der Waals surface area contributed by atoms with Crippen LogP contribution in [0.25, 0.3) is 10.9 Å². The summed E-state index contributed by atoms with van der Waals surface area (Å²) in [6.45, 7) is 0.955. The van der Waals surface area contributed by atoms with Crippen molar-refractivity contribution in [2.75, 3.05) is 13.1 Å². The number of aromatic nitrogens is 1. The molecule has 0 bridgehead atoms. The number of carbonyl (C=O) groups is 1. The van der Waals surface area contributed by atoms with E-state index in [0.717, 1.165) is 0 Å². The first kappa shape index (κ1) is 14.4. The second kappa shape index (κ2) is 5.69. The highest BCUT2D eigenvalue weighted by molar-refractivity contribution is 6.07. The SMILES string of the molecule is O=C(c1ccc([N+](=O)[O-])c2cccnc12)N1CCC(O)CC1. The second-order valence-corrected chi connectivity index (χ2v) is 5.31. The zero-order chi connectivity index (χ0) is 15.7. The van der Waals surface area contributed by atoms with Crippen LogP contribution in [0.3, 0.4) is 0 Å². The van der Waals surface area contributed by atoms with Crippen molar-refractivity contribution in [3.8, 4) is 0 Å². The topological polar surface area (TPSA) is 96.6 Å². The molecule has 0 saturated carbocycles. The standard InChI is InChI=1S/C15H15N3O4/c19-10-5-8-17(9-6-10)15(20)12-3-4-13(18(21)22)11-2-1-7-16-14(11)12/h1-4,7,10,19H,5-6,8-9H2. The third kappa shape index (κ3) is 2.50. The van der Waals surface area contributed by atoms with E-state index in [2.05, 4.69) is 4.98 Å². The van der Waals surface area contributed by atoms with Crippen molar-refractivity contribution >= 4 is 22.5 Å². The molecule has 1 aromatic heterocycles. The van der Waals surface area contributed by atoms with Gasteiger partial charge in [-0.3, -0.25) is 19.9 Å². The van der Waals surface area contributed by atoms with Crippen molar-refractivity contribution in [2.24, 2.45) is 0 Å². The molecule has 0 atom stereocenters. The number of piperidine rings is 1. The minimum absolute atomic E-state index is 0.0614. The fraction of sp³-hybridized carbons (Fsp3) is 0.333. The van der Waals surface area contributed by atoms with Crippen LogP contribution in [0.4, 0.5) is 5.69 Å². The van der Waals surface area contributed by atoms with E-state index in [9.17, 15) is 20.0 Å². The summed E-state index contributed by atoms with van der Waals surface area (Å²) in [7, 11) is 0. The molecule has 22 heavy (non-hydrogen) atoms. The number of fused-ring (bicyclic) bond motifs is 1. The number of nitro groups is 1. The average molecular weight is 301 g/mol. The van der Waals surface area contributed by atoms with E-state index in [0.29, 0.717) is 42.4 Å². The fourth-order valence-corrected chi connectivity index (χ4v) is 2.73. The Balaban J connectivity index is 2.03. The van der Waals surface area contributed by atoms with Crippen LogP contribution in [0.5, 0.6) is 0 Å². The number of rotatable bonds is 2. The second-order valence-electron chi connectivity index (χ2n) is 5.31. The molecule has 1 N–H and O–H groups in total. The quantitative estimate of drug-likeness (QED) is 0.673. The van der Waals surface area contributed by atoms with Gasteiger partial charge in [-0.1, -0.05) is 0 Å². The lowest BCUT2D eigenvalue weighted by atomic mass is 10.0. The third-order valence-electron chi connectivity index (χ3n) is 3.93. The van der Waals surface area contributed by atoms with Crippen molar-refractivity contribution in [3.05, 3.63) is 46.1 Å². The molecule has 1 saturated heterocycles. The molecule has 7 heteroatoms. The van der Waals surface area contributed by atoms with Crippen LogP contribution in [0, 0.1) is 10.1 Å². The number of hydrogen-bond acceptors (Lipinski definition) is 5. The van der Waals surface area contributed by atoms with Crippen molar-refractivity contribution in [1.82, 2.24) is 9.88 Å². The molecule has 1 aromatic carbocycles. The largest absolute Gasteiger partial charge is 0.393 e. The van der Waals surface area contributed by atoms with Gasteiger partial charge in [0.05, 0.1) is 27.5 Å². The van der Waals surface area contributed by atoms with Crippen LogP contribution >= 0.6 is 0 Å². The zero-order valence-corrected chi connectivity index (χ0v) is 11.8. The van der Waals surface area contributed by atoms with Crippen LogP contribution in [-0.2, 0) is 0 Å². The van der Waals surface area contributed by atoms with Gasteiger partial charge in [0.15, 0.2) is 0 Å². The third-order valence-corrected chi connectivity index (χ3v) is 3.93. The number of aliphatic hydroxyl groups excluding tert-OH is 1. The lowest BCUT2D eigenvalue weighted by molar-refractivity contribution is -0.383. The van der Waals surface area contributed by atoms with Gasteiger partial charge in [0.25, 0.3) is 11.6 Å². The first-order valence-electron chi connectivity index (χ1n) is 7.07. The molecule has 0 aliphatic carbocycles. The number of aliphatic hydroxyl groups is 1. The number of non-ortho nitro benzene ring substituents is 1. The van der Waals surface area contributed by atoms with E-state index in [1.165, 1.54) is 18.3 Å². The van der Waals surface area contributed by atoms with Gasteiger partial charge in [-0.05, 0) is 31.0 Å². The normalized spacial score (nSPS) is 16.0. The van der Waals surface area contributed by atoms with Gasteiger partial charge in [0.1, 0.15) is 0 Å². The molecular weight excluding hydrogens is 286 g/mol. The minimum atomic E-state index is -0.477. The highest BCUT2D eigenvalue weighted by atomic mass is 16.6. The molecule has 0 unspecified atom stereocenters. The molecule has 7 nitrogen and oxygen atoms in total. The summed E-state index contributed by atoms with van der Waals surface area (Å²) in [6, 6.07) is 6.01. The van der Waals surface area contributed by atoms with Gasteiger partial charge in [0, 0.05) is 25.4 Å². The Morgan fingerprint density at radius 1 is 1.32 bits per heavy atom. The number of hydrogen-bond donors (Lipinski definition) is 1. The molecule has 2 heterocycles. The molecule has 1 amide bonds. The lowest BCUT2D eigenvalue weighted by Gasteiger charge is -2.29. The maximum absolute atomic E-state index is 12.6. The van der Waals surface area contributed by atoms with E-state index in [-0.39, 0.29) is 17.7 Å². The summed E-state index contributed by atoms with van der Waals surface area (Å²) in [6.07, 6.45) is 2.24. The van der Waals surface area contributed by atoms with Gasteiger partial charge in [0.2, 0.25) is 0 Å². The number of pyridine rings is 1. The van der Waals surface area contributed by atoms with Crippen molar-refractivity contribution < 1.29 is 14.8 Å². The predicted octanol–water partition coefficient (Wildman–Crippen LogP) is 1.74. The molecular formula is C15H15N3O4. The van der Waals surface area contributed by atoms with E-state index in [4.69, 9.17) is 0 Å². The van der Waals surface area contributed by atoms with Crippen LogP contribution in [-0.4, -0.2) is 45.0 Å². The summed E-state index contributed by atoms with van der Waals surface area (Å²) in [5.41, 5.74) is 0.638. The molecule has 3 rings (SSSR count). The van der Waals surface area contributed by atoms with Gasteiger partial charge >= 0.3 is 0 Å². The first-order valence-corrected chi connectivity index (χ1v) is 7.07. The highest BCUT2D eigenvalue weighted by Crippen LogP contribution is 2.28. The highest BCUT2D eigenvalue weighted by Gasteiger charge is 2.25. The molecule has 1 fully saturated rings. The number of nitro benzene ring substituents is 1. The Morgan fingerprint density at radius 2 is 2.05 bits per heavy atom. The maximum atomic E-state index is 12.6. The number of benzene rings is 1. The number of likely N-dealkylation sites (tertiary alicyclic amines) is 1. The van der Waals surface area contributed by atoms with Crippen molar-refractivity contribution in [3.63, 3.8) is 0 Å². The molecule has 0 radical (unpaired) electrons. The summed E-state index contributed by atoms with van der Waals surface area (Å²) < 4.78 is 0. The molecule has 1 aliphatic heterocycles. The first-order chi connectivity index (χ1) is 10.6.